The smallest absolute Gasteiger partial charge is 0.257 e. The first kappa shape index (κ1) is 20.1. The summed E-state index contributed by atoms with van der Waals surface area (Å²) in [6, 6.07) is 19.2. The number of nitrogens with zero attached hydrogens (tertiary/aromatic N) is 2. The summed E-state index contributed by atoms with van der Waals surface area (Å²) in [7, 11) is 0. The highest BCUT2D eigenvalue weighted by molar-refractivity contribution is 6.12. The van der Waals surface area contributed by atoms with Crippen LogP contribution in [0.3, 0.4) is 0 Å². The van der Waals surface area contributed by atoms with Crippen LogP contribution in [0.1, 0.15) is 31.8 Å². The molecule has 32 heavy (non-hydrogen) atoms. The Hall–Kier alpha value is -3.80. The fourth-order valence-corrected chi connectivity index (χ4v) is 4.43. The minimum atomic E-state index is -0.182. The Bertz CT molecular complexity index is 1210. The number of piperazine rings is 1. The van der Waals surface area contributed by atoms with E-state index in [9.17, 15) is 9.59 Å². The molecule has 0 bridgehead atoms. The number of nitrogens with one attached hydrogen (secondary N) is 2. The van der Waals surface area contributed by atoms with E-state index >= 15 is 0 Å². The van der Waals surface area contributed by atoms with E-state index in [1.165, 1.54) is 16.8 Å². The number of aryl methyl sites for hydroxylation is 1. The Morgan fingerprint density at radius 1 is 0.812 bits per heavy atom. The third kappa shape index (κ3) is 3.58. The predicted octanol–water partition coefficient (Wildman–Crippen LogP) is 4.58. The SMILES string of the molecule is Cc1cccc(N2CCN(C(=O)c3ccc4c(c3)NC(=O)c3ccccc3N4)CC2)c1C. The van der Waals surface area contributed by atoms with Crippen LogP contribution in [0.5, 0.6) is 0 Å². The van der Waals surface area contributed by atoms with E-state index in [1.54, 1.807) is 12.1 Å². The van der Waals surface area contributed by atoms with Gasteiger partial charge in [-0.2, -0.15) is 0 Å². The molecule has 6 nitrogen and oxygen atoms in total. The van der Waals surface area contributed by atoms with Crippen molar-refractivity contribution >= 4 is 34.6 Å². The largest absolute Gasteiger partial charge is 0.368 e. The molecule has 2 aliphatic rings. The van der Waals surface area contributed by atoms with E-state index in [4.69, 9.17) is 0 Å². The molecule has 0 radical (unpaired) electrons. The predicted molar refractivity (Wildman–Crippen MR) is 128 cm³/mol. The Labute approximate surface area is 187 Å². The molecule has 6 heteroatoms. The molecule has 0 atom stereocenters. The lowest BCUT2D eigenvalue weighted by molar-refractivity contribution is 0.0746. The van der Waals surface area contributed by atoms with Crippen molar-refractivity contribution in [3.8, 4) is 0 Å². The van der Waals surface area contributed by atoms with E-state index in [-0.39, 0.29) is 11.8 Å². The highest BCUT2D eigenvalue weighted by Gasteiger charge is 2.25. The number of para-hydroxylation sites is 1. The van der Waals surface area contributed by atoms with Crippen LogP contribution in [0.4, 0.5) is 22.7 Å². The third-order valence-corrected chi connectivity index (χ3v) is 6.44. The number of hydrogen-bond donors (Lipinski definition) is 2. The Morgan fingerprint density at radius 3 is 2.41 bits per heavy atom. The molecule has 3 aromatic rings. The van der Waals surface area contributed by atoms with Gasteiger partial charge in [0.15, 0.2) is 0 Å². The topological polar surface area (TPSA) is 64.7 Å². The van der Waals surface area contributed by atoms with Gasteiger partial charge in [0.05, 0.1) is 22.6 Å². The van der Waals surface area contributed by atoms with Gasteiger partial charge in [0.25, 0.3) is 11.8 Å². The Kier molecular flexibility index (Phi) is 5.05. The number of amides is 2. The van der Waals surface area contributed by atoms with Gasteiger partial charge in [0, 0.05) is 37.4 Å². The number of carbonyl (C=O) groups is 2. The first-order valence-electron chi connectivity index (χ1n) is 10.9. The molecule has 1 saturated heterocycles. The minimum absolute atomic E-state index is 0.00979. The summed E-state index contributed by atoms with van der Waals surface area (Å²) < 4.78 is 0. The molecule has 2 heterocycles. The summed E-state index contributed by atoms with van der Waals surface area (Å²) in [4.78, 5) is 30.1. The van der Waals surface area contributed by atoms with Crippen LogP contribution >= 0.6 is 0 Å². The van der Waals surface area contributed by atoms with Gasteiger partial charge < -0.3 is 20.4 Å². The minimum Gasteiger partial charge on any atom is -0.368 e. The summed E-state index contributed by atoms with van der Waals surface area (Å²) >= 11 is 0. The lowest BCUT2D eigenvalue weighted by Crippen LogP contribution is -2.49. The number of fused-ring (bicyclic) bond motifs is 2. The van der Waals surface area contributed by atoms with Gasteiger partial charge in [0.1, 0.15) is 0 Å². The van der Waals surface area contributed by atoms with Crippen LogP contribution in [0.2, 0.25) is 0 Å². The van der Waals surface area contributed by atoms with Gasteiger partial charge in [-0.25, -0.2) is 0 Å². The van der Waals surface area contributed by atoms with E-state index in [2.05, 4.69) is 47.6 Å². The van der Waals surface area contributed by atoms with E-state index in [1.807, 2.05) is 35.2 Å². The molecule has 0 aromatic heterocycles. The maximum atomic E-state index is 13.2. The van der Waals surface area contributed by atoms with Crippen molar-refractivity contribution in [2.45, 2.75) is 13.8 Å². The number of rotatable bonds is 2. The van der Waals surface area contributed by atoms with Crippen LogP contribution in [-0.2, 0) is 0 Å². The summed E-state index contributed by atoms with van der Waals surface area (Å²) in [5.74, 6) is -0.192. The van der Waals surface area contributed by atoms with E-state index in [0.29, 0.717) is 29.9 Å². The van der Waals surface area contributed by atoms with Crippen molar-refractivity contribution in [2.24, 2.45) is 0 Å². The monoisotopic (exact) mass is 426 g/mol. The average Bonchev–Trinajstić information content (AvgIpc) is 2.96. The van der Waals surface area contributed by atoms with E-state index < -0.39 is 0 Å². The summed E-state index contributed by atoms with van der Waals surface area (Å²) in [6.45, 7) is 7.21. The normalized spacial score (nSPS) is 15.2. The second kappa shape index (κ2) is 8.04. The lowest BCUT2D eigenvalue weighted by Gasteiger charge is -2.37. The maximum Gasteiger partial charge on any atom is 0.257 e. The molecule has 0 saturated carbocycles. The molecule has 2 aliphatic heterocycles. The number of benzene rings is 3. The molecule has 1 fully saturated rings. The summed E-state index contributed by atoms with van der Waals surface area (Å²) in [5, 5.41) is 6.23. The molecule has 2 N–H and O–H groups in total. The molecule has 0 aliphatic carbocycles. The molecule has 3 aromatic carbocycles. The van der Waals surface area contributed by atoms with Crippen molar-refractivity contribution in [1.82, 2.24) is 4.90 Å². The second-order valence-electron chi connectivity index (χ2n) is 8.38. The number of anilines is 4. The summed E-state index contributed by atoms with van der Waals surface area (Å²) in [5.41, 5.74) is 7.13. The van der Waals surface area contributed by atoms with Crippen LogP contribution in [0.25, 0.3) is 0 Å². The summed E-state index contributed by atoms with van der Waals surface area (Å²) in [6.07, 6.45) is 0. The first-order valence-corrected chi connectivity index (χ1v) is 10.9. The van der Waals surface area contributed by atoms with Gasteiger partial charge in [-0.05, 0) is 61.4 Å². The standard InChI is InChI=1S/C26H26N4O2/c1-17-6-5-9-24(18(17)2)29-12-14-30(15-13-29)26(32)19-10-11-22-23(16-19)28-25(31)20-7-3-4-8-21(20)27-22/h3-11,16,27H,12-15H2,1-2H3,(H,28,31). The molecular weight excluding hydrogens is 400 g/mol. The number of hydrogen-bond acceptors (Lipinski definition) is 4. The molecular formula is C26H26N4O2. The fraction of sp³-hybridized carbons (Fsp3) is 0.231. The average molecular weight is 427 g/mol. The van der Waals surface area contributed by atoms with Crippen LogP contribution in [0, 0.1) is 13.8 Å². The Morgan fingerprint density at radius 2 is 1.59 bits per heavy atom. The zero-order valence-electron chi connectivity index (χ0n) is 18.3. The molecule has 5 rings (SSSR count). The highest BCUT2D eigenvalue weighted by Crippen LogP contribution is 2.33. The lowest BCUT2D eigenvalue weighted by atomic mass is 10.1. The van der Waals surface area contributed by atoms with E-state index in [0.717, 1.165) is 24.5 Å². The zero-order chi connectivity index (χ0) is 22.2. The molecule has 2 amide bonds. The van der Waals surface area contributed by atoms with Crippen molar-refractivity contribution in [2.75, 3.05) is 41.7 Å². The van der Waals surface area contributed by atoms with Crippen LogP contribution in [0.15, 0.2) is 60.7 Å². The second-order valence-corrected chi connectivity index (χ2v) is 8.38. The van der Waals surface area contributed by atoms with Crippen molar-refractivity contribution < 1.29 is 9.59 Å². The quantitative estimate of drug-likeness (QED) is 0.630. The zero-order valence-corrected chi connectivity index (χ0v) is 18.3. The van der Waals surface area contributed by atoms with Crippen molar-refractivity contribution in [1.29, 1.82) is 0 Å². The van der Waals surface area contributed by atoms with Crippen LogP contribution in [-0.4, -0.2) is 42.9 Å². The first-order chi connectivity index (χ1) is 15.5. The van der Waals surface area contributed by atoms with Gasteiger partial charge >= 0.3 is 0 Å². The molecule has 162 valence electrons. The fourth-order valence-electron chi connectivity index (χ4n) is 4.43. The van der Waals surface area contributed by atoms with Gasteiger partial charge in [-0.3, -0.25) is 9.59 Å². The van der Waals surface area contributed by atoms with Gasteiger partial charge in [-0.1, -0.05) is 24.3 Å². The van der Waals surface area contributed by atoms with Gasteiger partial charge in [0.2, 0.25) is 0 Å². The third-order valence-electron chi connectivity index (χ3n) is 6.44. The van der Waals surface area contributed by atoms with Gasteiger partial charge in [-0.15, -0.1) is 0 Å². The maximum absolute atomic E-state index is 13.2. The van der Waals surface area contributed by atoms with Crippen LogP contribution < -0.4 is 15.5 Å². The highest BCUT2D eigenvalue weighted by atomic mass is 16.2. The van der Waals surface area contributed by atoms with Crippen molar-refractivity contribution in [3.05, 3.63) is 82.9 Å². The number of carbonyl (C=O) groups excluding carboxylic acids is 2. The Balaban J connectivity index is 1.32. The molecule has 0 spiro atoms. The molecule has 0 unspecified atom stereocenters. The van der Waals surface area contributed by atoms with Crippen molar-refractivity contribution in [3.63, 3.8) is 0 Å².